The molecule has 0 fully saturated rings. The average Bonchev–Trinajstić information content (AvgIpc) is 2.39. The minimum Gasteiger partial charge on any atom is -0.386 e. The number of ether oxygens (including phenoxy) is 1. The summed E-state index contributed by atoms with van der Waals surface area (Å²) in [6.45, 7) is 0. The lowest BCUT2D eigenvalue weighted by molar-refractivity contribution is 0.503. The van der Waals surface area contributed by atoms with Crippen LogP contribution in [0.1, 0.15) is 11.3 Å². The molecule has 0 amide bonds. The molecule has 0 atom stereocenters. The predicted molar refractivity (Wildman–Crippen MR) is 65.8 cm³/mol. The van der Waals surface area contributed by atoms with Gasteiger partial charge in [-0.3, -0.25) is 4.98 Å². The highest BCUT2D eigenvalue weighted by molar-refractivity contribution is 5.70. The summed E-state index contributed by atoms with van der Waals surface area (Å²) in [4.78, 5) is 4.15. The maximum atomic E-state index is 8.51. The quantitative estimate of drug-likeness (QED) is 0.749. The van der Waals surface area contributed by atoms with E-state index in [1.54, 1.807) is 24.6 Å². The molecule has 3 heteroatoms. The van der Waals surface area contributed by atoms with Crippen molar-refractivity contribution in [2.75, 3.05) is 0 Å². The van der Waals surface area contributed by atoms with Crippen LogP contribution in [-0.2, 0) is 0 Å². The highest BCUT2D eigenvalue weighted by atomic mass is 16.5. The summed E-state index contributed by atoms with van der Waals surface area (Å²) in [5.41, 5.74) is 1.71. The molecule has 82 valence electrons. The van der Waals surface area contributed by atoms with Gasteiger partial charge in [-0.2, -0.15) is 0 Å². The number of nitriles is 1. The van der Waals surface area contributed by atoms with Crippen LogP contribution in [0.25, 0.3) is 12.2 Å². The van der Waals surface area contributed by atoms with Crippen LogP contribution < -0.4 is 4.74 Å². The maximum absolute atomic E-state index is 8.51. The van der Waals surface area contributed by atoms with E-state index in [2.05, 4.69) is 4.98 Å². The van der Waals surface area contributed by atoms with E-state index in [1.165, 1.54) is 0 Å². The first kappa shape index (κ1) is 10.9. The topological polar surface area (TPSA) is 45.9 Å². The number of hydrogen-bond acceptors (Lipinski definition) is 3. The average molecular weight is 222 g/mol. The van der Waals surface area contributed by atoms with Crippen LogP contribution in [-0.4, -0.2) is 4.98 Å². The molecule has 0 aliphatic heterocycles. The van der Waals surface area contributed by atoms with Gasteiger partial charge in [0.15, 0.2) is 5.75 Å². The van der Waals surface area contributed by atoms with Crippen molar-refractivity contribution in [1.29, 1.82) is 5.26 Å². The summed E-state index contributed by atoms with van der Waals surface area (Å²) in [5, 5.41) is 8.51. The second-order valence-electron chi connectivity index (χ2n) is 3.32. The van der Waals surface area contributed by atoms with Gasteiger partial charge in [0, 0.05) is 6.20 Å². The van der Waals surface area contributed by atoms with Crippen LogP contribution >= 0.6 is 0 Å². The third-order valence-electron chi connectivity index (χ3n) is 2.19. The Morgan fingerprint density at radius 1 is 1.06 bits per heavy atom. The van der Waals surface area contributed by atoms with Crippen molar-refractivity contribution in [2.45, 2.75) is 0 Å². The van der Waals surface area contributed by atoms with Crippen LogP contribution in [0.15, 0.2) is 48.7 Å². The first-order valence-corrected chi connectivity index (χ1v) is 5.14. The van der Waals surface area contributed by atoms with Crippen LogP contribution in [0.4, 0.5) is 0 Å². The lowest BCUT2D eigenvalue weighted by Gasteiger charge is -1.99. The van der Waals surface area contributed by atoms with Crippen LogP contribution in [0.5, 0.6) is 5.75 Å². The second-order valence-corrected chi connectivity index (χ2v) is 3.32. The van der Waals surface area contributed by atoms with Gasteiger partial charge < -0.3 is 4.74 Å². The Hall–Kier alpha value is -2.60. The molecule has 0 aliphatic rings. The number of pyridine rings is 1. The SMILES string of the molecule is N#COc1cccnc1C=Cc1ccccc1. The van der Waals surface area contributed by atoms with Gasteiger partial charge in [-0.05, 0) is 23.8 Å². The molecule has 0 unspecified atom stereocenters. The molecule has 2 rings (SSSR count). The first-order valence-electron chi connectivity index (χ1n) is 5.14. The molecule has 1 aromatic carbocycles. The van der Waals surface area contributed by atoms with Gasteiger partial charge in [0.1, 0.15) is 5.69 Å². The van der Waals surface area contributed by atoms with E-state index >= 15 is 0 Å². The fraction of sp³-hybridized carbons (Fsp3) is 0. The molecular formula is C14H10N2O. The number of nitrogens with zero attached hydrogens (tertiary/aromatic N) is 2. The Labute approximate surface area is 99.6 Å². The first-order chi connectivity index (χ1) is 8.40. The Morgan fingerprint density at radius 2 is 1.88 bits per heavy atom. The fourth-order valence-corrected chi connectivity index (χ4v) is 1.40. The highest BCUT2D eigenvalue weighted by Gasteiger charge is 2.00. The summed E-state index contributed by atoms with van der Waals surface area (Å²) >= 11 is 0. The number of hydrogen-bond donors (Lipinski definition) is 0. The zero-order valence-electron chi connectivity index (χ0n) is 9.08. The molecule has 3 nitrogen and oxygen atoms in total. The molecule has 0 bridgehead atoms. The molecule has 0 aliphatic carbocycles. The predicted octanol–water partition coefficient (Wildman–Crippen LogP) is 3.11. The van der Waals surface area contributed by atoms with Crippen molar-refractivity contribution in [1.82, 2.24) is 4.98 Å². The van der Waals surface area contributed by atoms with Crippen molar-refractivity contribution in [3.63, 3.8) is 0 Å². The van der Waals surface area contributed by atoms with Gasteiger partial charge in [-0.1, -0.05) is 36.4 Å². The van der Waals surface area contributed by atoms with E-state index in [1.807, 2.05) is 42.5 Å². The van der Waals surface area contributed by atoms with E-state index in [0.29, 0.717) is 11.4 Å². The highest BCUT2D eigenvalue weighted by Crippen LogP contribution is 2.17. The second kappa shape index (κ2) is 5.47. The summed E-state index contributed by atoms with van der Waals surface area (Å²) in [7, 11) is 0. The summed E-state index contributed by atoms with van der Waals surface area (Å²) in [5.74, 6) is 0.460. The summed E-state index contributed by atoms with van der Waals surface area (Å²) in [6, 6.07) is 13.3. The Balaban J connectivity index is 2.25. The fourth-order valence-electron chi connectivity index (χ4n) is 1.40. The molecule has 2 aromatic rings. The molecule has 0 spiro atoms. The number of rotatable bonds is 3. The van der Waals surface area contributed by atoms with Gasteiger partial charge in [0.25, 0.3) is 6.26 Å². The van der Waals surface area contributed by atoms with Gasteiger partial charge in [0.2, 0.25) is 0 Å². The van der Waals surface area contributed by atoms with Crippen molar-refractivity contribution in [3.05, 3.63) is 59.9 Å². The molecule has 0 saturated heterocycles. The molecule has 1 aromatic heterocycles. The smallest absolute Gasteiger partial charge is 0.292 e. The zero-order valence-corrected chi connectivity index (χ0v) is 9.08. The van der Waals surface area contributed by atoms with Crippen molar-refractivity contribution in [2.24, 2.45) is 0 Å². The molecule has 0 radical (unpaired) electrons. The summed E-state index contributed by atoms with van der Waals surface area (Å²) < 4.78 is 4.82. The normalized spacial score (nSPS) is 10.1. The Kier molecular flexibility index (Phi) is 3.51. The molecule has 1 heterocycles. The van der Waals surface area contributed by atoms with Crippen molar-refractivity contribution in [3.8, 4) is 12.0 Å². The number of aromatic nitrogens is 1. The van der Waals surface area contributed by atoms with Crippen molar-refractivity contribution >= 4 is 12.2 Å². The van der Waals surface area contributed by atoms with Crippen LogP contribution in [0.2, 0.25) is 0 Å². The van der Waals surface area contributed by atoms with Gasteiger partial charge in [0.05, 0.1) is 0 Å². The third kappa shape index (κ3) is 2.93. The largest absolute Gasteiger partial charge is 0.386 e. The zero-order chi connectivity index (χ0) is 11.9. The monoisotopic (exact) mass is 222 g/mol. The van der Waals surface area contributed by atoms with Crippen LogP contribution in [0.3, 0.4) is 0 Å². The summed E-state index contributed by atoms with van der Waals surface area (Å²) in [6.07, 6.45) is 7.05. The minimum absolute atomic E-state index is 0.460. The molecule has 0 saturated carbocycles. The Morgan fingerprint density at radius 3 is 2.65 bits per heavy atom. The third-order valence-corrected chi connectivity index (χ3v) is 2.19. The van der Waals surface area contributed by atoms with E-state index in [9.17, 15) is 0 Å². The van der Waals surface area contributed by atoms with Gasteiger partial charge >= 0.3 is 0 Å². The lowest BCUT2D eigenvalue weighted by Crippen LogP contribution is -1.88. The standard InChI is InChI=1S/C14H10N2O/c15-11-17-14-7-4-10-16-13(14)9-8-12-5-2-1-3-6-12/h1-10H. The van der Waals surface area contributed by atoms with E-state index in [0.717, 1.165) is 5.56 Å². The number of benzene rings is 1. The molecule has 17 heavy (non-hydrogen) atoms. The Bertz CT molecular complexity index is 556. The minimum atomic E-state index is 0.460. The molecule has 0 N–H and O–H groups in total. The van der Waals surface area contributed by atoms with E-state index < -0.39 is 0 Å². The van der Waals surface area contributed by atoms with E-state index in [-0.39, 0.29) is 0 Å². The van der Waals surface area contributed by atoms with Crippen molar-refractivity contribution < 1.29 is 4.74 Å². The lowest BCUT2D eigenvalue weighted by atomic mass is 10.2. The van der Waals surface area contributed by atoms with Crippen LogP contribution in [0, 0.1) is 11.5 Å². The van der Waals surface area contributed by atoms with E-state index in [4.69, 9.17) is 10.00 Å². The van der Waals surface area contributed by atoms with Gasteiger partial charge in [-0.25, -0.2) is 0 Å². The maximum Gasteiger partial charge on any atom is 0.292 e. The molecular weight excluding hydrogens is 212 g/mol. The van der Waals surface area contributed by atoms with Gasteiger partial charge in [-0.15, -0.1) is 5.26 Å².